The minimum Gasteiger partial charge on any atom is -0.355 e. The van der Waals surface area contributed by atoms with Crippen LogP contribution in [0.5, 0.6) is 0 Å². The van der Waals surface area contributed by atoms with E-state index in [0.29, 0.717) is 11.5 Å². The Morgan fingerprint density at radius 3 is 2.81 bits per heavy atom. The molecule has 3 heterocycles. The summed E-state index contributed by atoms with van der Waals surface area (Å²) < 4.78 is 0. The van der Waals surface area contributed by atoms with Crippen LogP contribution in [0.1, 0.15) is 35.6 Å². The van der Waals surface area contributed by atoms with Crippen LogP contribution in [0.25, 0.3) is 0 Å². The van der Waals surface area contributed by atoms with Crippen molar-refractivity contribution in [2.45, 2.75) is 25.7 Å². The van der Waals surface area contributed by atoms with E-state index < -0.39 is 0 Å². The predicted octanol–water partition coefficient (Wildman–Crippen LogP) is 3.04. The van der Waals surface area contributed by atoms with Gasteiger partial charge in [0.1, 0.15) is 11.9 Å². The van der Waals surface area contributed by atoms with Crippen molar-refractivity contribution in [1.29, 1.82) is 5.26 Å². The Morgan fingerprint density at radius 1 is 1.24 bits per heavy atom. The second-order valence-electron chi connectivity index (χ2n) is 5.50. The highest BCUT2D eigenvalue weighted by atomic mass is 15.2. The molecule has 21 heavy (non-hydrogen) atoms. The number of aryl methyl sites for hydroxylation is 1. The van der Waals surface area contributed by atoms with Crippen molar-refractivity contribution in [2.24, 2.45) is 0 Å². The molecule has 4 nitrogen and oxygen atoms in total. The van der Waals surface area contributed by atoms with Crippen LogP contribution in [0.2, 0.25) is 0 Å². The number of pyridine rings is 2. The fourth-order valence-corrected chi connectivity index (χ4v) is 2.95. The first-order valence-electron chi connectivity index (χ1n) is 7.30. The Bertz CT molecular complexity index is 660. The number of rotatable bonds is 2. The van der Waals surface area contributed by atoms with Gasteiger partial charge in [-0.1, -0.05) is 0 Å². The molecule has 0 aliphatic carbocycles. The van der Waals surface area contributed by atoms with Crippen LogP contribution in [0.3, 0.4) is 0 Å². The third-order valence-corrected chi connectivity index (χ3v) is 4.03. The number of nitrogens with zero attached hydrogens (tertiary/aromatic N) is 4. The van der Waals surface area contributed by atoms with E-state index in [1.165, 1.54) is 12.0 Å². The zero-order chi connectivity index (χ0) is 14.7. The van der Waals surface area contributed by atoms with Crippen molar-refractivity contribution in [3.05, 3.63) is 53.5 Å². The van der Waals surface area contributed by atoms with E-state index in [0.717, 1.165) is 31.0 Å². The van der Waals surface area contributed by atoms with Crippen molar-refractivity contribution in [1.82, 2.24) is 9.97 Å². The van der Waals surface area contributed by atoms with Gasteiger partial charge < -0.3 is 4.90 Å². The van der Waals surface area contributed by atoms with Crippen molar-refractivity contribution in [3.63, 3.8) is 0 Å². The summed E-state index contributed by atoms with van der Waals surface area (Å²) in [7, 11) is 0. The topological polar surface area (TPSA) is 52.8 Å². The van der Waals surface area contributed by atoms with Gasteiger partial charge in [0.25, 0.3) is 0 Å². The third kappa shape index (κ3) is 2.87. The van der Waals surface area contributed by atoms with Gasteiger partial charge in [-0.15, -0.1) is 0 Å². The molecule has 2 aromatic heterocycles. The van der Waals surface area contributed by atoms with E-state index in [2.05, 4.69) is 33.1 Å². The van der Waals surface area contributed by atoms with Crippen molar-refractivity contribution < 1.29 is 0 Å². The number of piperidine rings is 1. The fraction of sp³-hybridized carbons (Fsp3) is 0.353. The van der Waals surface area contributed by atoms with Gasteiger partial charge in [0.05, 0.1) is 5.56 Å². The molecule has 0 bridgehead atoms. The van der Waals surface area contributed by atoms with E-state index in [9.17, 15) is 5.26 Å². The van der Waals surface area contributed by atoms with E-state index in [1.54, 1.807) is 0 Å². The highest BCUT2D eigenvalue weighted by molar-refractivity contribution is 5.55. The zero-order valence-corrected chi connectivity index (χ0v) is 12.2. The Morgan fingerprint density at radius 2 is 2.05 bits per heavy atom. The van der Waals surface area contributed by atoms with Gasteiger partial charge in [-0.25, -0.2) is 4.98 Å². The standard InChI is InChI=1S/C17H18N4/c1-13-4-5-15(11-18)17(20-13)21-10-2-3-16(12-21)14-6-8-19-9-7-14/h4-9,16H,2-3,10,12H2,1H3. The SMILES string of the molecule is Cc1ccc(C#N)c(N2CCCC(c3ccncc3)C2)n1. The molecule has 2 aromatic rings. The van der Waals surface area contributed by atoms with Crippen molar-refractivity contribution in [2.75, 3.05) is 18.0 Å². The van der Waals surface area contributed by atoms with Gasteiger partial charge in [-0.05, 0) is 49.6 Å². The molecule has 0 N–H and O–H groups in total. The van der Waals surface area contributed by atoms with Gasteiger partial charge in [0.15, 0.2) is 0 Å². The molecule has 0 amide bonds. The molecular weight excluding hydrogens is 260 g/mol. The lowest BCUT2D eigenvalue weighted by atomic mass is 9.91. The molecule has 1 unspecified atom stereocenters. The van der Waals surface area contributed by atoms with Crippen LogP contribution in [0.15, 0.2) is 36.7 Å². The number of anilines is 1. The van der Waals surface area contributed by atoms with Gasteiger partial charge in [0.2, 0.25) is 0 Å². The summed E-state index contributed by atoms with van der Waals surface area (Å²) in [5.41, 5.74) is 2.94. The Labute approximate surface area is 125 Å². The number of hydrogen-bond donors (Lipinski definition) is 0. The average Bonchev–Trinajstić information content (AvgIpc) is 2.56. The summed E-state index contributed by atoms with van der Waals surface area (Å²) in [5.74, 6) is 1.31. The molecule has 106 valence electrons. The van der Waals surface area contributed by atoms with Crippen LogP contribution in [0, 0.1) is 18.3 Å². The first kappa shape index (κ1) is 13.6. The molecule has 0 saturated carbocycles. The maximum Gasteiger partial charge on any atom is 0.146 e. The summed E-state index contributed by atoms with van der Waals surface area (Å²) in [6.45, 7) is 3.84. The summed E-state index contributed by atoms with van der Waals surface area (Å²) >= 11 is 0. The smallest absolute Gasteiger partial charge is 0.146 e. The summed E-state index contributed by atoms with van der Waals surface area (Å²) in [5, 5.41) is 9.30. The van der Waals surface area contributed by atoms with Gasteiger partial charge >= 0.3 is 0 Å². The summed E-state index contributed by atoms with van der Waals surface area (Å²) in [6, 6.07) is 10.2. The van der Waals surface area contributed by atoms with Crippen LogP contribution in [-0.4, -0.2) is 23.1 Å². The van der Waals surface area contributed by atoms with Crippen LogP contribution in [0.4, 0.5) is 5.82 Å². The molecular formula is C17H18N4. The molecule has 1 aliphatic heterocycles. The van der Waals surface area contributed by atoms with E-state index >= 15 is 0 Å². The summed E-state index contributed by atoms with van der Waals surface area (Å²) in [6.07, 6.45) is 5.99. The Balaban J connectivity index is 1.87. The molecule has 0 radical (unpaired) electrons. The number of nitriles is 1. The molecule has 1 saturated heterocycles. The minimum atomic E-state index is 0.482. The molecule has 1 aliphatic rings. The summed E-state index contributed by atoms with van der Waals surface area (Å²) in [4.78, 5) is 10.9. The van der Waals surface area contributed by atoms with E-state index in [1.807, 2.05) is 31.5 Å². The lowest BCUT2D eigenvalue weighted by molar-refractivity contribution is 0.506. The first-order valence-corrected chi connectivity index (χ1v) is 7.30. The quantitative estimate of drug-likeness (QED) is 0.847. The Kier molecular flexibility index (Phi) is 3.83. The normalized spacial score (nSPS) is 18.3. The lowest BCUT2D eigenvalue weighted by Crippen LogP contribution is -2.35. The second-order valence-corrected chi connectivity index (χ2v) is 5.50. The predicted molar refractivity (Wildman–Crippen MR) is 82.1 cm³/mol. The molecule has 1 atom stereocenters. The van der Waals surface area contributed by atoms with Crippen LogP contribution in [-0.2, 0) is 0 Å². The van der Waals surface area contributed by atoms with Crippen LogP contribution < -0.4 is 4.90 Å². The maximum atomic E-state index is 9.30. The maximum absolute atomic E-state index is 9.30. The zero-order valence-electron chi connectivity index (χ0n) is 12.2. The number of aromatic nitrogens is 2. The molecule has 0 spiro atoms. The van der Waals surface area contributed by atoms with Gasteiger partial charge in [-0.2, -0.15) is 5.26 Å². The lowest BCUT2D eigenvalue weighted by Gasteiger charge is -2.34. The Hall–Kier alpha value is -2.41. The first-order chi connectivity index (χ1) is 10.3. The monoisotopic (exact) mass is 278 g/mol. The van der Waals surface area contributed by atoms with Gasteiger partial charge in [0, 0.05) is 37.1 Å². The van der Waals surface area contributed by atoms with E-state index in [-0.39, 0.29) is 0 Å². The highest BCUT2D eigenvalue weighted by Gasteiger charge is 2.24. The van der Waals surface area contributed by atoms with Crippen LogP contribution >= 0.6 is 0 Å². The van der Waals surface area contributed by atoms with Gasteiger partial charge in [-0.3, -0.25) is 4.98 Å². The molecule has 4 heteroatoms. The fourth-order valence-electron chi connectivity index (χ4n) is 2.95. The van der Waals surface area contributed by atoms with Crippen molar-refractivity contribution in [3.8, 4) is 6.07 Å². The molecule has 1 fully saturated rings. The molecule has 3 rings (SSSR count). The molecule has 0 aromatic carbocycles. The third-order valence-electron chi connectivity index (χ3n) is 4.03. The largest absolute Gasteiger partial charge is 0.355 e. The highest BCUT2D eigenvalue weighted by Crippen LogP contribution is 2.30. The number of hydrogen-bond acceptors (Lipinski definition) is 4. The van der Waals surface area contributed by atoms with Crippen molar-refractivity contribution >= 4 is 5.82 Å². The minimum absolute atomic E-state index is 0.482. The van der Waals surface area contributed by atoms with E-state index in [4.69, 9.17) is 0 Å². The average molecular weight is 278 g/mol. The second kappa shape index (κ2) is 5.92.